The number of carbonyl (C=O) groups is 1. The molecular weight excluding hydrogens is 304 g/mol. The summed E-state index contributed by atoms with van der Waals surface area (Å²) in [6, 6.07) is 5.74. The molecule has 3 heterocycles. The number of ether oxygens (including phenoxy) is 1. The van der Waals surface area contributed by atoms with Crippen molar-refractivity contribution in [3.8, 4) is 0 Å². The van der Waals surface area contributed by atoms with Crippen LogP contribution in [0.5, 0.6) is 0 Å². The third kappa shape index (κ3) is 3.06. The Morgan fingerprint density at radius 1 is 1.42 bits per heavy atom. The van der Waals surface area contributed by atoms with Crippen molar-refractivity contribution < 1.29 is 9.53 Å². The lowest BCUT2D eigenvalue weighted by atomic mass is 9.92. The van der Waals surface area contributed by atoms with Gasteiger partial charge in [-0.3, -0.25) is 14.5 Å². The first-order valence-corrected chi connectivity index (χ1v) is 8.25. The first-order valence-electron chi connectivity index (χ1n) is 8.25. The summed E-state index contributed by atoms with van der Waals surface area (Å²) in [4.78, 5) is 19.0. The van der Waals surface area contributed by atoms with Crippen molar-refractivity contribution in [1.82, 2.24) is 19.7 Å². The Morgan fingerprint density at radius 2 is 2.21 bits per heavy atom. The van der Waals surface area contributed by atoms with Crippen molar-refractivity contribution in [1.29, 1.82) is 0 Å². The Bertz CT molecular complexity index is 726. The van der Waals surface area contributed by atoms with E-state index in [9.17, 15) is 4.79 Å². The summed E-state index contributed by atoms with van der Waals surface area (Å²) in [5.74, 6) is -0.0638. The normalized spacial score (nSPS) is 20.3. The number of rotatable bonds is 4. The molecule has 0 spiro atoms. The predicted octanol–water partition coefficient (Wildman–Crippen LogP) is 2.17. The Morgan fingerprint density at radius 3 is 2.83 bits per heavy atom. The molecule has 0 N–H and O–H groups in total. The molecule has 1 amide bonds. The van der Waals surface area contributed by atoms with E-state index in [4.69, 9.17) is 4.74 Å². The topological polar surface area (TPSA) is 60.3 Å². The second-order valence-electron chi connectivity index (χ2n) is 6.41. The number of carbonyl (C=O) groups excluding carboxylic acids is 1. The van der Waals surface area contributed by atoms with Gasteiger partial charge < -0.3 is 9.64 Å². The fraction of sp³-hybridized carbons (Fsp3) is 0.500. The zero-order valence-electron chi connectivity index (χ0n) is 14.7. The quantitative estimate of drug-likeness (QED) is 0.863. The van der Waals surface area contributed by atoms with E-state index in [-0.39, 0.29) is 17.9 Å². The first-order chi connectivity index (χ1) is 11.5. The second kappa shape index (κ2) is 6.73. The van der Waals surface area contributed by atoms with E-state index in [2.05, 4.69) is 10.1 Å². The molecule has 3 rings (SSSR count). The Balaban J connectivity index is 1.78. The standard InChI is InChI=1S/C18H24N4O2/c1-12-16(13(2)22(4)20-12)17-15(8-10-24-17)18(23)21(3)11-14-7-5-6-9-19-14/h5-7,9,15,17H,8,10-11H2,1-4H3/t15-,17-/m0/s1. The largest absolute Gasteiger partial charge is 0.373 e. The van der Waals surface area contributed by atoms with Gasteiger partial charge >= 0.3 is 0 Å². The molecule has 0 bridgehead atoms. The summed E-state index contributed by atoms with van der Waals surface area (Å²) < 4.78 is 7.78. The van der Waals surface area contributed by atoms with Gasteiger partial charge in [0.2, 0.25) is 5.91 Å². The van der Waals surface area contributed by atoms with Crippen LogP contribution in [0.3, 0.4) is 0 Å². The molecule has 128 valence electrons. The Labute approximate surface area is 142 Å². The van der Waals surface area contributed by atoms with Gasteiger partial charge in [0.15, 0.2) is 0 Å². The molecule has 1 saturated heterocycles. The van der Waals surface area contributed by atoms with Crippen molar-refractivity contribution in [3.05, 3.63) is 47.0 Å². The van der Waals surface area contributed by atoms with Gasteiger partial charge in [-0.1, -0.05) is 6.07 Å². The van der Waals surface area contributed by atoms with Crippen molar-refractivity contribution in [2.45, 2.75) is 32.9 Å². The molecule has 1 aliphatic heterocycles. The number of aryl methyl sites for hydroxylation is 2. The zero-order chi connectivity index (χ0) is 17.3. The van der Waals surface area contributed by atoms with E-state index in [0.717, 1.165) is 29.1 Å². The van der Waals surface area contributed by atoms with Crippen LogP contribution in [-0.2, 0) is 23.1 Å². The molecule has 24 heavy (non-hydrogen) atoms. The molecule has 1 aliphatic rings. The highest BCUT2D eigenvalue weighted by atomic mass is 16.5. The van der Waals surface area contributed by atoms with Gasteiger partial charge in [0, 0.05) is 38.2 Å². The Kier molecular flexibility index (Phi) is 4.66. The van der Waals surface area contributed by atoms with Crippen LogP contribution in [0.15, 0.2) is 24.4 Å². The zero-order valence-corrected chi connectivity index (χ0v) is 14.7. The molecule has 6 heteroatoms. The lowest BCUT2D eigenvalue weighted by Gasteiger charge is -2.24. The number of hydrogen-bond acceptors (Lipinski definition) is 4. The van der Waals surface area contributed by atoms with Crippen LogP contribution >= 0.6 is 0 Å². The van der Waals surface area contributed by atoms with Crippen LogP contribution in [0.1, 0.15) is 35.2 Å². The van der Waals surface area contributed by atoms with E-state index in [1.807, 2.05) is 50.8 Å². The highest BCUT2D eigenvalue weighted by Gasteiger charge is 2.39. The van der Waals surface area contributed by atoms with Crippen LogP contribution in [0.25, 0.3) is 0 Å². The summed E-state index contributed by atoms with van der Waals surface area (Å²) in [7, 11) is 3.75. The molecule has 2 aromatic heterocycles. The minimum absolute atomic E-state index is 0.103. The van der Waals surface area contributed by atoms with Gasteiger partial charge in [0.05, 0.1) is 30.0 Å². The maximum absolute atomic E-state index is 13.0. The summed E-state index contributed by atoms with van der Waals surface area (Å²) in [6.45, 7) is 5.11. The monoisotopic (exact) mass is 328 g/mol. The van der Waals surface area contributed by atoms with Crippen molar-refractivity contribution in [3.63, 3.8) is 0 Å². The molecule has 0 saturated carbocycles. The molecule has 2 atom stereocenters. The summed E-state index contributed by atoms with van der Waals surface area (Å²) in [6.07, 6.45) is 2.28. The predicted molar refractivity (Wildman–Crippen MR) is 90.2 cm³/mol. The third-order valence-electron chi connectivity index (χ3n) is 4.76. The number of aromatic nitrogens is 3. The third-order valence-corrected chi connectivity index (χ3v) is 4.76. The second-order valence-corrected chi connectivity index (χ2v) is 6.41. The molecule has 0 aliphatic carbocycles. The number of nitrogens with zero attached hydrogens (tertiary/aromatic N) is 4. The molecule has 0 aromatic carbocycles. The lowest BCUT2D eigenvalue weighted by Crippen LogP contribution is -2.34. The maximum atomic E-state index is 13.0. The van der Waals surface area contributed by atoms with E-state index in [1.165, 1.54) is 0 Å². The van der Waals surface area contributed by atoms with Crippen molar-refractivity contribution in [2.24, 2.45) is 13.0 Å². The van der Waals surface area contributed by atoms with E-state index < -0.39 is 0 Å². The molecule has 6 nitrogen and oxygen atoms in total. The van der Waals surface area contributed by atoms with Crippen LogP contribution in [0, 0.1) is 19.8 Å². The first kappa shape index (κ1) is 16.6. The fourth-order valence-electron chi connectivity index (χ4n) is 3.42. The van der Waals surface area contributed by atoms with Gasteiger partial charge in [-0.25, -0.2) is 0 Å². The van der Waals surface area contributed by atoms with E-state index in [1.54, 1.807) is 11.1 Å². The van der Waals surface area contributed by atoms with Crippen LogP contribution in [0.4, 0.5) is 0 Å². The highest BCUT2D eigenvalue weighted by molar-refractivity contribution is 5.79. The van der Waals surface area contributed by atoms with Crippen LogP contribution in [-0.4, -0.2) is 39.2 Å². The van der Waals surface area contributed by atoms with Gasteiger partial charge in [-0.2, -0.15) is 5.10 Å². The smallest absolute Gasteiger partial charge is 0.228 e. The highest BCUT2D eigenvalue weighted by Crippen LogP contribution is 2.38. The minimum atomic E-state index is -0.211. The van der Waals surface area contributed by atoms with Gasteiger partial charge in [-0.05, 0) is 32.4 Å². The molecule has 1 fully saturated rings. The molecular formula is C18H24N4O2. The van der Waals surface area contributed by atoms with Crippen LogP contribution in [0.2, 0.25) is 0 Å². The van der Waals surface area contributed by atoms with E-state index in [0.29, 0.717) is 13.2 Å². The summed E-state index contributed by atoms with van der Waals surface area (Å²) >= 11 is 0. The number of hydrogen-bond donors (Lipinski definition) is 0. The number of pyridine rings is 1. The van der Waals surface area contributed by atoms with Gasteiger partial charge in [0.25, 0.3) is 0 Å². The fourth-order valence-corrected chi connectivity index (χ4v) is 3.42. The molecule has 2 aromatic rings. The van der Waals surface area contributed by atoms with Gasteiger partial charge in [-0.15, -0.1) is 0 Å². The average molecular weight is 328 g/mol. The molecule has 0 unspecified atom stereocenters. The minimum Gasteiger partial charge on any atom is -0.373 e. The summed E-state index contributed by atoms with van der Waals surface area (Å²) in [5.41, 5.74) is 3.94. The lowest BCUT2D eigenvalue weighted by molar-refractivity contribution is -0.136. The van der Waals surface area contributed by atoms with Crippen molar-refractivity contribution in [2.75, 3.05) is 13.7 Å². The average Bonchev–Trinajstić information content (AvgIpc) is 3.12. The molecule has 0 radical (unpaired) electrons. The maximum Gasteiger partial charge on any atom is 0.228 e. The van der Waals surface area contributed by atoms with E-state index >= 15 is 0 Å². The summed E-state index contributed by atoms with van der Waals surface area (Å²) in [5, 5.41) is 4.46. The van der Waals surface area contributed by atoms with Crippen LogP contribution < -0.4 is 0 Å². The van der Waals surface area contributed by atoms with Crippen molar-refractivity contribution >= 4 is 5.91 Å². The Hall–Kier alpha value is -2.21. The number of amides is 1. The SMILES string of the molecule is Cc1nn(C)c(C)c1[C@H]1OCC[C@@H]1C(=O)N(C)Cc1ccccn1. The van der Waals surface area contributed by atoms with Gasteiger partial charge in [0.1, 0.15) is 0 Å².